The van der Waals surface area contributed by atoms with E-state index in [1.165, 1.54) is 11.1 Å². The van der Waals surface area contributed by atoms with E-state index < -0.39 is 0 Å². The fourth-order valence-electron chi connectivity index (χ4n) is 1.55. The van der Waals surface area contributed by atoms with Crippen molar-refractivity contribution >= 4 is 5.96 Å². The first kappa shape index (κ1) is 13.6. The number of aliphatic imine (C=N–C) groups is 1. The molecule has 1 rings (SSSR count). The van der Waals surface area contributed by atoms with Crippen LogP contribution < -0.4 is 10.6 Å². The van der Waals surface area contributed by atoms with Crippen molar-refractivity contribution < 1.29 is 0 Å². The van der Waals surface area contributed by atoms with Crippen LogP contribution in [0.3, 0.4) is 0 Å². The number of guanidine groups is 1. The lowest BCUT2D eigenvalue weighted by Crippen LogP contribution is -2.41. The third-order valence-corrected chi connectivity index (χ3v) is 2.44. The van der Waals surface area contributed by atoms with Gasteiger partial charge in [-0.2, -0.15) is 0 Å². The standard InChI is InChI=1S/C14H23N3/c1-5-15-14(17-11(2)3)16-10-13-9-7-6-8-12(13)4/h6-9,11H,5,10H2,1-4H3,(H2,15,16,17). The minimum atomic E-state index is 0.393. The number of hydrogen-bond acceptors (Lipinski definition) is 1. The number of rotatable bonds is 4. The lowest BCUT2D eigenvalue weighted by Gasteiger charge is -2.14. The monoisotopic (exact) mass is 233 g/mol. The molecular formula is C14H23N3. The predicted molar refractivity (Wildman–Crippen MR) is 74.3 cm³/mol. The van der Waals surface area contributed by atoms with Gasteiger partial charge >= 0.3 is 0 Å². The molecule has 0 amide bonds. The fraction of sp³-hybridized carbons (Fsp3) is 0.500. The van der Waals surface area contributed by atoms with Crippen LogP contribution in [-0.2, 0) is 6.54 Å². The van der Waals surface area contributed by atoms with Gasteiger partial charge in [-0.1, -0.05) is 24.3 Å². The van der Waals surface area contributed by atoms with Crippen LogP contribution >= 0.6 is 0 Å². The molecule has 1 aromatic carbocycles. The molecule has 1 aromatic rings. The van der Waals surface area contributed by atoms with Crippen LogP contribution in [-0.4, -0.2) is 18.5 Å². The van der Waals surface area contributed by atoms with E-state index in [1.54, 1.807) is 0 Å². The first-order valence-electron chi connectivity index (χ1n) is 6.22. The van der Waals surface area contributed by atoms with Gasteiger partial charge in [-0.15, -0.1) is 0 Å². The summed E-state index contributed by atoms with van der Waals surface area (Å²) >= 11 is 0. The van der Waals surface area contributed by atoms with Crippen molar-refractivity contribution in [1.82, 2.24) is 10.6 Å². The summed E-state index contributed by atoms with van der Waals surface area (Å²) in [5.41, 5.74) is 2.56. The number of aryl methyl sites for hydroxylation is 1. The van der Waals surface area contributed by atoms with E-state index in [9.17, 15) is 0 Å². The van der Waals surface area contributed by atoms with E-state index in [2.05, 4.69) is 67.6 Å². The molecule has 17 heavy (non-hydrogen) atoms. The summed E-state index contributed by atoms with van der Waals surface area (Å²) in [6, 6.07) is 8.75. The van der Waals surface area contributed by atoms with E-state index in [-0.39, 0.29) is 0 Å². The first-order valence-corrected chi connectivity index (χ1v) is 6.22. The highest BCUT2D eigenvalue weighted by atomic mass is 15.2. The van der Waals surface area contributed by atoms with Crippen LogP contribution in [0.25, 0.3) is 0 Å². The van der Waals surface area contributed by atoms with E-state index in [0.29, 0.717) is 12.6 Å². The highest BCUT2D eigenvalue weighted by Gasteiger charge is 2.00. The molecule has 0 spiro atoms. The Balaban J connectivity index is 2.68. The average molecular weight is 233 g/mol. The van der Waals surface area contributed by atoms with Gasteiger partial charge < -0.3 is 10.6 Å². The molecule has 94 valence electrons. The molecule has 0 heterocycles. The number of hydrogen-bond donors (Lipinski definition) is 2. The smallest absolute Gasteiger partial charge is 0.191 e. The zero-order valence-electron chi connectivity index (χ0n) is 11.2. The molecule has 0 unspecified atom stereocenters. The lowest BCUT2D eigenvalue weighted by molar-refractivity contribution is 0.700. The van der Waals surface area contributed by atoms with Crippen LogP contribution in [0.1, 0.15) is 31.9 Å². The summed E-state index contributed by atoms with van der Waals surface area (Å²) in [7, 11) is 0. The number of nitrogens with one attached hydrogen (secondary N) is 2. The van der Waals surface area contributed by atoms with Gasteiger partial charge in [0.25, 0.3) is 0 Å². The van der Waals surface area contributed by atoms with Crippen molar-refractivity contribution in [2.75, 3.05) is 6.54 Å². The van der Waals surface area contributed by atoms with E-state index in [4.69, 9.17) is 0 Å². The minimum Gasteiger partial charge on any atom is -0.357 e. The summed E-state index contributed by atoms with van der Waals surface area (Å²) in [5, 5.41) is 6.55. The van der Waals surface area contributed by atoms with Crippen molar-refractivity contribution in [1.29, 1.82) is 0 Å². The highest BCUT2D eigenvalue weighted by molar-refractivity contribution is 5.80. The maximum atomic E-state index is 4.58. The van der Waals surface area contributed by atoms with Gasteiger partial charge in [-0.05, 0) is 38.8 Å². The predicted octanol–water partition coefficient (Wildman–Crippen LogP) is 2.46. The summed E-state index contributed by atoms with van der Waals surface area (Å²) in [5.74, 6) is 0.880. The Labute approximate surface area is 104 Å². The van der Waals surface area contributed by atoms with Crippen molar-refractivity contribution in [3.8, 4) is 0 Å². The lowest BCUT2D eigenvalue weighted by atomic mass is 10.1. The van der Waals surface area contributed by atoms with Crippen LogP contribution in [0, 0.1) is 6.92 Å². The van der Waals surface area contributed by atoms with Crippen LogP contribution in [0.2, 0.25) is 0 Å². The molecule has 0 aliphatic rings. The van der Waals surface area contributed by atoms with E-state index >= 15 is 0 Å². The quantitative estimate of drug-likeness (QED) is 0.619. The molecule has 0 aliphatic carbocycles. The molecule has 0 saturated heterocycles. The molecule has 0 atom stereocenters. The molecule has 0 aromatic heterocycles. The fourth-order valence-corrected chi connectivity index (χ4v) is 1.55. The SMILES string of the molecule is CCNC(=NCc1ccccc1C)NC(C)C. The molecular weight excluding hydrogens is 210 g/mol. The Morgan fingerprint density at radius 3 is 2.59 bits per heavy atom. The van der Waals surface area contributed by atoms with E-state index in [1.807, 2.05) is 0 Å². The van der Waals surface area contributed by atoms with Gasteiger partial charge in [-0.25, -0.2) is 4.99 Å². The topological polar surface area (TPSA) is 36.4 Å². The highest BCUT2D eigenvalue weighted by Crippen LogP contribution is 2.07. The Kier molecular flexibility index (Phi) is 5.53. The zero-order chi connectivity index (χ0) is 12.7. The van der Waals surface area contributed by atoms with Gasteiger partial charge in [0.05, 0.1) is 6.54 Å². The molecule has 0 saturated carbocycles. The van der Waals surface area contributed by atoms with Crippen molar-refractivity contribution in [2.45, 2.75) is 40.3 Å². The van der Waals surface area contributed by atoms with Gasteiger partial charge in [-0.3, -0.25) is 0 Å². The largest absolute Gasteiger partial charge is 0.357 e. The van der Waals surface area contributed by atoms with Crippen LogP contribution in [0.4, 0.5) is 0 Å². The van der Waals surface area contributed by atoms with Gasteiger partial charge in [0.15, 0.2) is 5.96 Å². The minimum absolute atomic E-state index is 0.393. The van der Waals surface area contributed by atoms with Crippen LogP contribution in [0.15, 0.2) is 29.3 Å². The second-order valence-corrected chi connectivity index (χ2v) is 4.42. The van der Waals surface area contributed by atoms with Crippen molar-refractivity contribution in [3.63, 3.8) is 0 Å². The zero-order valence-corrected chi connectivity index (χ0v) is 11.2. The normalized spacial score (nSPS) is 11.7. The molecule has 0 fully saturated rings. The maximum absolute atomic E-state index is 4.58. The van der Waals surface area contributed by atoms with Gasteiger partial charge in [0.2, 0.25) is 0 Å². The second-order valence-electron chi connectivity index (χ2n) is 4.42. The molecule has 3 nitrogen and oxygen atoms in total. The summed E-state index contributed by atoms with van der Waals surface area (Å²) in [4.78, 5) is 4.58. The average Bonchev–Trinajstić information content (AvgIpc) is 2.27. The Morgan fingerprint density at radius 2 is 2.00 bits per heavy atom. The molecule has 0 bridgehead atoms. The Morgan fingerprint density at radius 1 is 1.29 bits per heavy atom. The summed E-state index contributed by atoms with van der Waals surface area (Å²) in [6.07, 6.45) is 0. The molecule has 0 radical (unpaired) electrons. The van der Waals surface area contributed by atoms with Gasteiger partial charge in [0, 0.05) is 12.6 Å². The van der Waals surface area contributed by atoms with Crippen molar-refractivity contribution in [3.05, 3.63) is 35.4 Å². The third kappa shape index (κ3) is 4.89. The molecule has 0 aliphatic heterocycles. The number of benzene rings is 1. The summed E-state index contributed by atoms with van der Waals surface area (Å²) in [6.45, 7) is 10.0. The van der Waals surface area contributed by atoms with Gasteiger partial charge in [0.1, 0.15) is 0 Å². The summed E-state index contributed by atoms with van der Waals surface area (Å²) < 4.78 is 0. The van der Waals surface area contributed by atoms with Crippen LogP contribution in [0.5, 0.6) is 0 Å². The Bertz CT molecular complexity index is 369. The first-order chi connectivity index (χ1) is 8.13. The van der Waals surface area contributed by atoms with E-state index in [0.717, 1.165) is 12.5 Å². The number of nitrogens with zero attached hydrogens (tertiary/aromatic N) is 1. The third-order valence-electron chi connectivity index (χ3n) is 2.44. The molecule has 2 N–H and O–H groups in total. The molecule has 3 heteroatoms. The van der Waals surface area contributed by atoms with Crippen molar-refractivity contribution in [2.24, 2.45) is 4.99 Å². The Hall–Kier alpha value is -1.51. The second kappa shape index (κ2) is 6.94. The maximum Gasteiger partial charge on any atom is 0.191 e.